The number of Topliss-reactive ketones (excluding diaryl/α,β-unsaturated/α-hetero) is 1. The second kappa shape index (κ2) is 7.55. The van der Waals surface area contributed by atoms with Crippen LogP contribution in [0.5, 0.6) is 0 Å². The number of hydrogen-bond acceptors (Lipinski definition) is 4. The lowest BCUT2D eigenvalue weighted by Crippen LogP contribution is -2.45. The van der Waals surface area contributed by atoms with E-state index in [1.165, 1.54) is 0 Å². The summed E-state index contributed by atoms with van der Waals surface area (Å²) in [6, 6.07) is 2.43. The van der Waals surface area contributed by atoms with Gasteiger partial charge in [-0.25, -0.2) is 0 Å². The number of carbonyl (C=O) groups is 1. The van der Waals surface area contributed by atoms with Crippen molar-refractivity contribution in [3.8, 4) is 0 Å². The van der Waals surface area contributed by atoms with Crippen molar-refractivity contribution in [1.82, 2.24) is 20.0 Å². The molecule has 0 radical (unpaired) electrons. The van der Waals surface area contributed by atoms with E-state index in [1.807, 2.05) is 16.9 Å². The van der Waals surface area contributed by atoms with Gasteiger partial charge in [0.2, 0.25) is 0 Å². The first-order chi connectivity index (χ1) is 9.72. The van der Waals surface area contributed by atoms with Crippen LogP contribution in [0, 0.1) is 0 Å². The van der Waals surface area contributed by atoms with Gasteiger partial charge in [0, 0.05) is 32.4 Å². The fraction of sp³-hybridized carbons (Fsp3) is 0.733. The number of hydrogen-bond donors (Lipinski definition) is 1. The van der Waals surface area contributed by atoms with Crippen LogP contribution in [-0.4, -0.2) is 53.2 Å². The summed E-state index contributed by atoms with van der Waals surface area (Å²) in [4.78, 5) is 14.3. The van der Waals surface area contributed by atoms with Gasteiger partial charge < -0.3 is 5.32 Å². The van der Waals surface area contributed by atoms with Crippen molar-refractivity contribution < 1.29 is 4.79 Å². The highest BCUT2D eigenvalue weighted by Gasteiger charge is 2.15. The van der Waals surface area contributed by atoms with Crippen LogP contribution >= 0.6 is 0 Å². The Morgan fingerprint density at radius 1 is 1.35 bits per heavy atom. The summed E-state index contributed by atoms with van der Waals surface area (Å²) in [5, 5.41) is 7.85. The number of nitrogens with zero attached hydrogens (tertiary/aromatic N) is 3. The zero-order valence-electron chi connectivity index (χ0n) is 12.6. The smallest absolute Gasteiger partial charge is 0.152 e. The van der Waals surface area contributed by atoms with Crippen molar-refractivity contribution in [1.29, 1.82) is 0 Å². The zero-order valence-corrected chi connectivity index (χ0v) is 12.6. The Morgan fingerprint density at radius 2 is 2.05 bits per heavy atom. The maximum atomic E-state index is 12.1. The lowest BCUT2D eigenvalue weighted by Gasteiger charge is -2.26. The molecular weight excluding hydrogens is 252 g/mol. The van der Waals surface area contributed by atoms with Crippen LogP contribution < -0.4 is 5.32 Å². The molecule has 1 aliphatic rings. The standard InChI is InChI=1S/C15H26N4O/c1-3-14(4-2)19-8-5-13(17-19)11-15(20)12-18-9-6-16-7-10-18/h5,8,14,16H,3-4,6-7,9-12H2,1-2H3. The third-order valence-corrected chi connectivity index (χ3v) is 3.97. The number of ketones is 1. The van der Waals surface area contributed by atoms with Crippen molar-refractivity contribution in [3.63, 3.8) is 0 Å². The van der Waals surface area contributed by atoms with Gasteiger partial charge in [-0.1, -0.05) is 13.8 Å². The molecule has 1 aromatic rings. The molecule has 5 nitrogen and oxygen atoms in total. The Hall–Kier alpha value is -1.20. The average molecular weight is 278 g/mol. The van der Waals surface area contributed by atoms with E-state index >= 15 is 0 Å². The van der Waals surface area contributed by atoms with Crippen LogP contribution in [0.15, 0.2) is 12.3 Å². The van der Waals surface area contributed by atoms with Crippen molar-refractivity contribution in [2.24, 2.45) is 0 Å². The van der Waals surface area contributed by atoms with Crippen molar-refractivity contribution in [2.75, 3.05) is 32.7 Å². The molecule has 5 heteroatoms. The summed E-state index contributed by atoms with van der Waals surface area (Å²) in [5.74, 6) is 0.265. The first-order valence-corrected chi connectivity index (χ1v) is 7.71. The molecule has 2 heterocycles. The summed E-state index contributed by atoms with van der Waals surface area (Å²) >= 11 is 0. The normalized spacial score (nSPS) is 16.8. The zero-order chi connectivity index (χ0) is 14.4. The molecule has 1 aromatic heterocycles. The van der Waals surface area contributed by atoms with E-state index in [0.717, 1.165) is 44.7 Å². The van der Waals surface area contributed by atoms with Crippen LogP contribution in [-0.2, 0) is 11.2 Å². The first kappa shape index (κ1) is 15.2. The minimum atomic E-state index is 0.265. The highest BCUT2D eigenvalue weighted by Crippen LogP contribution is 2.14. The van der Waals surface area contributed by atoms with Gasteiger partial charge in [0.25, 0.3) is 0 Å². The first-order valence-electron chi connectivity index (χ1n) is 7.71. The second-order valence-corrected chi connectivity index (χ2v) is 5.50. The number of nitrogens with one attached hydrogen (secondary N) is 1. The van der Waals surface area contributed by atoms with Crippen molar-refractivity contribution in [3.05, 3.63) is 18.0 Å². The van der Waals surface area contributed by atoms with E-state index in [0.29, 0.717) is 19.0 Å². The third kappa shape index (κ3) is 4.15. The SMILES string of the molecule is CCC(CC)n1ccc(CC(=O)CN2CCNCC2)n1. The lowest BCUT2D eigenvalue weighted by atomic mass is 10.2. The number of aromatic nitrogens is 2. The largest absolute Gasteiger partial charge is 0.314 e. The summed E-state index contributed by atoms with van der Waals surface area (Å²) < 4.78 is 2.01. The molecule has 0 aromatic carbocycles. The topological polar surface area (TPSA) is 50.2 Å². The van der Waals surface area contributed by atoms with E-state index in [9.17, 15) is 4.79 Å². The van der Waals surface area contributed by atoms with Crippen LogP contribution in [0.1, 0.15) is 38.4 Å². The van der Waals surface area contributed by atoms with E-state index in [1.54, 1.807) is 0 Å². The maximum absolute atomic E-state index is 12.1. The number of carbonyl (C=O) groups excluding carboxylic acids is 1. The molecule has 20 heavy (non-hydrogen) atoms. The average Bonchev–Trinajstić information content (AvgIpc) is 2.89. The molecule has 0 atom stereocenters. The van der Waals surface area contributed by atoms with Crippen LogP contribution in [0.3, 0.4) is 0 Å². The summed E-state index contributed by atoms with van der Waals surface area (Å²) in [6.45, 7) is 8.80. The Bertz CT molecular complexity index is 419. The Morgan fingerprint density at radius 3 is 2.70 bits per heavy atom. The van der Waals surface area contributed by atoms with Gasteiger partial charge in [-0.2, -0.15) is 5.10 Å². The molecule has 0 bridgehead atoms. The molecule has 1 aliphatic heterocycles. The molecular formula is C15H26N4O. The summed E-state index contributed by atoms with van der Waals surface area (Å²) in [7, 11) is 0. The highest BCUT2D eigenvalue weighted by molar-refractivity contribution is 5.82. The molecule has 1 fully saturated rings. The Balaban J connectivity index is 1.84. The maximum Gasteiger partial charge on any atom is 0.152 e. The summed E-state index contributed by atoms with van der Waals surface area (Å²) in [5.41, 5.74) is 0.900. The van der Waals surface area contributed by atoms with E-state index < -0.39 is 0 Å². The fourth-order valence-electron chi connectivity index (χ4n) is 2.71. The second-order valence-electron chi connectivity index (χ2n) is 5.50. The van der Waals surface area contributed by atoms with Crippen molar-refractivity contribution in [2.45, 2.75) is 39.2 Å². The molecule has 0 spiro atoms. The molecule has 0 amide bonds. The van der Waals surface area contributed by atoms with Gasteiger partial charge in [0.15, 0.2) is 5.78 Å². The molecule has 1 saturated heterocycles. The van der Waals surface area contributed by atoms with Gasteiger partial charge >= 0.3 is 0 Å². The predicted octanol–water partition coefficient (Wildman–Crippen LogP) is 1.26. The molecule has 0 saturated carbocycles. The monoisotopic (exact) mass is 278 g/mol. The van der Waals surface area contributed by atoms with Crippen molar-refractivity contribution >= 4 is 5.78 Å². The Kier molecular flexibility index (Phi) is 5.73. The minimum absolute atomic E-state index is 0.265. The van der Waals surface area contributed by atoms with Crippen LogP contribution in [0.2, 0.25) is 0 Å². The van der Waals surface area contributed by atoms with Gasteiger partial charge in [-0.15, -0.1) is 0 Å². The lowest BCUT2D eigenvalue weighted by molar-refractivity contribution is -0.119. The molecule has 0 unspecified atom stereocenters. The molecule has 0 aliphatic carbocycles. The molecule has 112 valence electrons. The van der Waals surface area contributed by atoms with Gasteiger partial charge in [-0.3, -0.25) is 14.4 Å². The Labute approximate surface area is 121 Å². The summed E-state index contributed by atoms with van der Waals surface area (Å²) in [6.07, 6.45) is 4.61. The van der Waals surface area contributed by atoms with Gasteiger partial charge in [0.05, 0.1) is 24.7 Å². The molecule has 1 N–H and O–H groups in total. The van der Waals surface area contributed by atoms with Crippen LogP contribution in [0.25, 0.3) is 0 Å². The van der Waals surface area contributed by atoms with E-state index in [2.05, 4.69) is 29.2 Å². The van der Waals surface area contributed by atoms with Gasteiger partial charge in [-0.05, 0) is 18.9 Å². The van der Waals surface area contributed by atoms with E-state index in [-0.39, 0.29) is 5.78 Å². The van der Waals surface area contributed by atoms with Gasteiger partial charge in [0.1, 0.15) is 0 Å². The fourth-order valence-corrected chi connectivity index (χ4v) is 2.71. The number of piperazine rings is 1. The predicted molar refractivity (Wildman–Crippen MR) is 79.9 cm³/mol. The van der Waals surface area contributed by atoms with E-state index in [4.69, 9.17) is 0 Å². The minimum Gasteiger partial charge on any atom is -0.314 e. The molecule has 2 rings (SSSR count). The highest BCUT2D eigenvalue weighted by atomic mass is 16.1. The quantitative estimate of drug-likeness (QED) is 0.816. The van der Waals surface area contributed by atoms with Crippen LogP contribution in [0.4, 0.5) is 0 Å². The number of rotatable bonds is 7. The third-order valence-electron chi connectivity index (χ3n) is 3.97.